The van der Waals surface area contributed by atoms with Crippen molar-refractivity contribution in [2.45, 2.75) is 4.90 Å². The van der Waals surface area contributed by atoms with E-state index in [0.29, 0.717) is 11.1 Å². The van der Waals surface area contributed by atoms with Gasteiger partial charge in [0.05, 0.1) is 4.90 Å². The highest BCUT2D eigenvalue weighted by molar-refractivity contribution is 8.30. The predicted octanol–water partition coefficient (Wildman–Crippen LogP) is 3.63. The van der Waals surface area contributed by atoms with Gasteiger partial charge >= 0.3 is 0 Å². The summed E-state index contributed by atoms with van der Waals surface area (Å²) in [6.45, 7) is 0. The summed E-state index contributed by atoms with van der Waals surface area (Å²) in [5.41, 5.74) is 6.24. The molecule has 0 amide bonds. The van der Waals surface area contributed by atoms with Gasteiger partial charge in [0.15, 0.2) is 10.6 Å². The van der Waals surface area contributed by atoms with Crippen molar-refractivity contribution in [1.82, 2.24) is 0 Å². The molecule has 0 unspecified atom stereocenters. The average molecular weight is 264 g/mol. The van der Waals surface area contributed by atoms with E-state index in [1.807, 2.05) is 6.07 Å². The van der Waals surface area contributed by atoms with Crippen LogP contribution in [0.3, 0.4) is 0 Å². The molecule has 0 saturated carbocycles. The maximum absolute atomic E-state index is 10.7. The second-order valence-electron chi connectivity index (χ2n) is 3.47. The summed E-state index contributed by atoms with van der Waals surface area (Å²) in [5.74, 6) is 0. The first-order valence-electron chi connectivity index (χ1n) is 4.82. The van der Waals surface area contributed by atoms with Crippen molar-refractivity contribution in [3.05, 3.63) is 51.1 Å². The van der Waals surface area contributed by atoms with E-state index in [4.69, 9.17) is 5.73 Å². The summed E-state index contributed by atoms with van der Waals surface area (Å²) in [4.78, 5) is 32.1. The molecule has 0 bridgehead atoms. The smallest absolute Gasteiger partial charge is 0.197 e. The minimum Gasteiger partial charge on any atom is -0.398 e. The van der Waals surface area contributed by atoms with Crippen LogP contribution in [0.1, 0.15) is 0 Å². The summed E-state index contributed by atoms with van der Waals surface area (Å²) < 4.78 is 7.49. The largest absolute Gasteiger partial charge is 0.398 e. The molecule has 0 saturated heterocycles. The van der Waals surface area contributed by atoms with Crippen molar-refractivity contribution >= 4 is 27.0 Å². The Morgan fingerprint density at radius 2 is 1.61 bits per heavy atom. The molecule has 92 valence electrons. The molecule has 0 aromatic heterocycles. The number of benzene rings is 2. The van der Waals surface area contributed by atoms with Crippen molar-refractivity contribution in [1.29, 1.82) is 0 Å². The van der Waals surface area contributed by atoms with E-state index in [2.05, 4.69) is 13.7 Å². The SMILES string of the molecule is Nc1cccc2ccc(S(N=O)(N=O)N=O)cc12. The van der Waals surface area contributed by atoms with Gasteiger partial charge in [-0.25, -0.2) is 0 Å². The molecule has 0 radical (unpaired) electrons. The van der Waals surface area contributed by atoms with Crippen LogP contribution >= 0.6 is 10.6 Å². The number of hydrogen-bond acceptors (Lipinski definition) is 7. The monoisotopic (exact) mass is 264 g/mol. The van der Waals surface area contributed by atoms with E-state index in [1.165, 1.54) is 12.1 Å². The number of nitrogens with two attached hydrogens (primary N) is 1. The Labute approximate surface area is 103 Å². The second-order valence-corrected chi connectivity index (χ2v) is 5.43. The lowest BCUT2D eigenvalue weighted by molar-refractivity contribution is 1.39. The highest BCUT2D eigenvalue weighted by Gasteiger charge is 2.31. The lowest BCUT2D eigenvalue weighted by atomic mass is 10.1. The molecule has 0 fully saturated rings. The molecule has 2 N–H and O–H groups in total. The third-order valence-corrected chi connectivity index (χ3v) is 4.03. The van der Waals surface area contributed by atoms with Gasteiger partial charge in [-0.15, -0.1) is 14.7 Å². The van der Waals surface area contributed by atoms with Crippen LogP contribution < -0.4 is 5.73 Å². The van der Waals surface area contributed by atoms with Crippen LogP contribution in [-0.4, -0.2) is 0 Å². The maximum atomic E-state index is 10.7. The molecule has 2 aromatic carbocycles. The first-order chi connectivity index (χ1) is 8.66. The van der Waals surface area contributed by atoms with Gasteiger partial charge in [-0.2, -0.15) is 0 Å². The number of rotatable bonds is 4. The summed E-state index contributed by atoms with van der Waals surface area (Å²) in [6, 6.07) is 9.75. The fraction of sp³-hybridized carbons (Fsp3) is 0. The molecule has 18 heavy (non-hydrogen) atoms. The van der Waals surface area contributed by atoms with E-state index in [9.17, 15) is 14.7 Å². The van der Waals surface area contributed by atoms with Gasteiger partial charge in [0, 0.05) is 24.8 Å². The van der Waals surface area contributed by atoms with Crippen molar-refractivity contribution in [2.24, 2.45) is 13.7 Å². The first kappa shape index (κ1) is 12.1. The van der Waals surface area contributed by atoms with Gasteiger partial charge in [0.1, 0.15) is 0 Å². The van der Waals surface area contributed by atoms with Gasteiger partial charge in [-0.3, -0.25) is 0 Å². The molecule has 0 aliphatic carbocycles. The first-order valence-corrected chi connectivity index (χ1v) is 6.32. The molecular weight excluding hydrogens is 256 g/mol. The van der Waals surface area contributed by atoms with Crippen LogP contribution in [0, 0.1) is 14.7 Å². The Morgan fingerprint density at radius 1 is 0.944 bits per heavy atom. The summed E-state index contributed by atoms with van der Waals surface area (Å²) in [5, 5.41) is 1.43. The number of nitrogen functional groups attached to an aromatic ring is 1. The highest BCUT2D eigenvalue weighted by atomic mass is 32.3. The van der Waals surface area contributed by atoms with E-state index in [-0.39, 0.29) is 4.90 Å². The molecule has 7 nitrogen and oxygen atoms in total. The van der Waals surface area contributed by atoms with Crippen LogP contribution in [0.5, 0.6) is 0 Å². The van der Waals surface area contributed by atoms with Crippen LogP contribution in [0.25, 0.3) is 10.8 Å². The van der Waals surface area contributed by atoms with Gasteiger partial charge in [0.2, 0.25) is 0 Å². The Bertz CT molecular complexity index is 624. The molecular formula is C10H8N4O3S. The van der Waals surface area contributed by atoms with Crippen LogP contribution in [0.4, 0.5) is 5.69 Å². The standard InChI is InChI=1S/C10H8N4O3S/c11-10-3-1-2-7-4-5-8(6-9(7)10)18(12-15,13-16)14-17/h1-6H,11H2. The van der Waals surface area contributed by atoms with Crippen LogP contribution in [-0.2, 0) is 0 Å². The molecule has 8 heteroatoms. The maximum Gasteiger partial charge on any atom is 0.197 e. The van der Waals surface area contributed by atoms with Crippen molar-refractivity contribution < 1.29 is 0 Å². The van der Waals surface area contributed by atoms with E-state index < -0.39 is 10.6 Å². The summed E-state index contributed by atoms with van der Waals surface area (Å²) >= 11 is 0. The number of nitroso groups, excluding NO2 is 3. The minimum atomic E-state index is -3.44. The zero-order valence-corrected chi connectivity index (χ0v) is 9.83. The van der Waals surface area contributed by atoms with Gasteiger partial charge in [-0.05, 0) is 23.6 Å². The fourth-order valence-electron chi connectivity index (χ4n) is 1.62. The van der Waals surface area contributed by atoms with Crippen molar-refractivity contribution in [3.8, 4) is 0 Å². The third-order valence-electron chi connectivity index (χ3n) is 2.52. The Balaban J connectivity index is 2.73. The second kappa shape index (κ2) is 4.49. The molecule has 0 heterocycles. The zero-order chi connectivity index (χ0) is 13.2. The molecule has 0 aliphatic heterocycles. The molecule has 2 rings (SSSR count). The number of fused-ring (bicyclic) bond motifs is 1. The minimum absolute atomic E-state index is 0.0768. The quantitative estimate of drug-likeness (QED) is 0.670. The Hall–Kier alpha value is -2.35. The lowest BCUT2D eigenvalue weighted by Gasteiger charge is -2.14. The van der Waals surface area contributed by atoms with E-state index >= 15 is 0 Å². The van der Waals surface area contributed by atoms with Crippen molar-refractivity contribution in [3.63, 3.8) is 0 Å². The molecule has 0 atom stereocenters. The highest BCUT2D eigenvalue weighted by Crippen LogP contribution is 2.59. The van der Waals surface area contributed by atoms with Gasteiger partial charge in [-0.1, -0.05) is 18.2 Å². The van der Waals surface area contributed by atoms with Gasteiger partial charge < -0.3 is 5.73 Å². The zero-order valence-electron chi connectivity index (χ0n) is 9.02. The van der Waals surface area contributed by atoms with Crippen LogP contribution in [0.2, 0.25) is 0 Å². The number of anilines is 1. The Kier molecular flexibility index (Phi) is 3.02. The Morgan fingerprint density at radius 3 is 2.22 bits per heavy atom. The topological polar surface area (TPSA) is 114 Å². The summed E-state index contributed by atoms with van der Waals surface area (Å²) in [7, 11) is -3.44. The van der Waals surface area contributed by atoms with Gasteiger partial charge in [0.25, 0.3) is 0 Å². The normalized spacial score (nSPS) is 12.0. The average Bonchev–Trinajstić information content (AvgIpc) is 2.42. The number of nitrogens with zero attached hydrogens (tertiary/aromatic N) is 3. The molecule has 0 spiro atoms. The van der Waals surface area contributed by atoms with Crippen LogP contribution in [0.15, 0.2) is 55.0 Å². The van der Waals surface area contributed by atoms with Crippen molar-refractivity contribution in [2.75, 3.05) is 5.73 Å². The van der Waals surface area contributed by atoms with E-state index in [1.54, 1.807) is 18.2 Å². The fourth-order valence-corrected chi connectivity index (χ4v) is 2.48. The molecule has 2 aromatic rings. The number of hydrogen-bond donors (Lipinski definition) is 1. The predicted molar refractivity (Wildman–Crippen MR) is 71.6 cm³/mol. The van der Waals surface area contributed by atoms with E-state index in [0.717, 1.165) is 5.39 Å². The summed E-state index contributed by atoms with van der Waals surface area (Å²) in [6.07, 6.45) is 0. The third kappa shape index (κ3) is 1.72. The lowest BCUT2D eigenvalue weighted by Crippen LogP contribution is -1.91. The molecule has 0 aliphatic rings.